The number of esters is 1. The predicted octanol–water partition coefficient (Wildman–Crippen LogP) is 5.40. The smallest absolute Gasteiger partial charge is 0.342 e. The number of aromatic hydroxyl groups is 1. The van der Waals surface area contributed by atoms with Crippen molar-refractivity contribution in [2.45, 2.75) is 27.2 Å². The zero-order valence-electron chi connectivity index (χ0n) is 16.6. The highest BCUT2D eigenvalue weighted by Crippen LogP contribution is 2.37. The summed E-state index contributed by atoms with van der Waals surface area (Å²) in [4.78, 5) is 12.3. The van der Waals surface area contributed by atoms with Gasteiger partial charge in [0.2, 0.25) is 0 Å². The third kappa shape index (κ3) is 5.22. The number of carbonyl (C=O) groups is 1. The predicted molar refractivity (Wildman–Crippen MR) is 109 cm³/mol. The second kappa shape index (κ2) is 9.74. The fourth-order valence-corrected chi connectivity index (χ4v) is 2.70. The lowest BCUT2D eigenvalue weighted by molar-refractivity contribution is 0.0597. The molecular weight excluding hydrogens is 359 g/mol. The first-order valence-electron chi connectivity index (χ1n) is 9.04. The van der Waals surface area contributed by atoms with Crippen molar-refractivity contribution in [3.63, 3.8) is 0 Å². The van der Waals surface area contributed by atoms with E-state index in [1.165, 1.54) is 19.2 Å². The Balaban J connectivity index is 2.60. The number of hydrogen-bond donors (Lipinski definition) is 1. The van der Waals surface area contributed by atoms with Crippen molar-refractivity contribution in [3.8, 4) is 11.5 Å². The van der Waals surface area contributed by atoms with Crippen LogP contribution in [0.4, 0.5) is 4.39 Å². The lowest BCUT2D eigenvalue weighted by Gasteiger charge is -2.16. The molecule has 0 atom stereocenters. The third-order valence-electron chi connectivity index (χ3n) is 4.12. The highest BCUT2D eigenvalue weighted by molar-refractivity contribution is 5.98. The fraction of sp³-hybridized carbons (Fsp3) is 0.261. The van der Waals surface area contributed by atoms with Crippen LogP contribution in [-0.2, 0) is 11.2 Å². The summed E-state index contributed by atoms with van der Waals surface area (Å²) in [6.45, 7) is 6.18. The van der Waals surface area contributed by atoms with Gasteiger partial charge in [-0.15, -0.1) is 0 Å². The standard InChI is InChI=1S/C23H25FO4/c1-5-28-20-14-17(10-7-16-8-11-18(24)12-9-16)21(23(26)27-4)22(25)19(20)13-6-15(2)3/h6-12,14,25H,5,13H2,1-4H3. The Bertz CT molecular complexity index is 892. The Morgan fingerprint density at radius 1 is 1.18 bits per heavy atom. The Morgan fingerprint density at radius 3 is 2.43 bits per heavy atom. The van der Waals surface area contributed by atoms with Crippen molar-refractivity contribution >= 4 is 18.1 Å². The second-order valence-corrected chi connectivity index (χ2v) is 6.46. The summed E-state index contributed by atoms with van der Waals surface area (Å²) in [6.07, 6.45) is 5.78. The number of halogens is 1. The largest absolute Gasteiger partial charge is 0.507 e. The second-order valence-electron chi connectivity index (χ2n) is 6.46. The summed E-state index contributed by atoms with van der Waals surface area (Å²) in [5.41, 5.74) is 2.90. The van der Waals surface area contributed by atoms with E-state index in [1.807, 2.05) is 26.8 Å². The quantitative estimate of drug-likeness (QED) is 0.395. The monoisotopic (exact) mass is 384 g/mol. The number of allylic oxidation sites excluding steroid dienone is 2. The topological polar surface area (TPSA) is 55.8 Å². The van der Waals surface area contributed by atoms with Gasteiger partial charge in [-0.3, -0.25) is 0 Å². The summed E-state index contributed by atoms with van der Waals surface area (Å²) >= 11 is 0. The normalized spacial score (nSPS) is 10.8. The van der Waals surface area contributed by atoms with E-state index >= 15 is 0 Å². The lowest BCUT2D eigenvalue weighted by Crippen LogP contribution is -2.08. The minimum atomic E-state index is -0.641. The zero-order valence-corrected chi connectivity index (χ0v) is 16.6. The Kier molecular flexibility index (Phi) is 7.38. The van der Waals surface area contributed by atoms with Crippen molar-refractivity contribution < 1.29 is 23.8 Å². The molecule has 0 heterocycles. The third-order valence-corrected chi connectivity index (χ3v) is 4.12. The van der Waals surface area contributed by atoms with Gasteiger partial charge in [-0.05, 0) is 56.5 Å². The molecule has 1 N–H and O–H groups in total. The molecule has 0 fully saturated rings. The molecule has 0 aliphatic carbocycles. The minimum Gasteiger partial charge on any atom is -0.507 e. The van der Waals surface area contributed by atoms with Crippen molar-refractivity contribution in [1.82, 2.24) is 0 Å². The highest BCUT2D eigenvalue weighted by Gasteiger charge is 2.22. The van der Waals surface area contributed by atoms with Crippen molar-refractivity contribution in [3.05, 3.63) is 70.1 Å². The summed E-state index contributed by atoms with van der Waals surface area (Å²) in [5, 5.41) is 10.8. The van der Waals surface area contributed by atoms with Crippen molar-refractivity contribution in [2.24, 2.45) is 0 Å². The SMILES string of the molecule is CCOc1cc(C=Cc2ccc(F)cc2)c(C(=O)OC)c(O)c1CC=C(C)C. The molecule has 28 heavy (non-hydrogen) atoms. The minimum absolute atomic E-state index is 0.0708. The first-order chi connectivity index (χ1) is 13.4. The van der Waals surface area contributed by atoms with Gasteiger partial charge in [0.05, 0.1) is 13.7 Å². The van der Waals surface area contributed by atoms with E-state index in [2.05, 4.69) is 0 Å². The molecule has 0 unspecified atom stereocenters. The van der Waals surface area contributed by atoms with E-state index in [0.717, 1.165) is 11.1 Å². The molecule has 0 amide bonds. The molecule has 2 aromatic rings. The molecule has 0 aliphatic heterocycles. The molecular formula is C23H25FO4. The number of methoxy groups -OCH3 is 1. The molecule has 0 saturated heterocycles. The van der Waals surface area contributed by atoms with E-state index in [1.54, 1.807) is 30.4 Å². The zero-order chi connectivity index (χ0) is 20.7. The number of carbonyl (C=O) groups excluding carboxylic acids is 1. The average Bonchev–Trinajstić information content (AvgIpc) is 2.66. The molecule has 148 valence electrons. The molecule has 2 rings (SSSR count). The van der Waals surface area contributed by atoms with Crippen LogP contribution < -0.4 is 4.74 Å². The molecule has 0 aliphatic rings. The van der Waals surface area contributed by atoms with Crippen LogP contribution >= 0.6 is 0 Å². The number of hydrogen-bond acceptors (Lipinski definition) is 4. The van der Waals surface area contributed by atoms with E-state index in [9.17, 15) is 14.3 Å². The maximum absolute atomic E-state index is 13.1. The summed E-state index contributed by atoms with van der Waals surface area (Å²) < 4.78 is 23.7. The van der Waals surface area contributed by atoms with Crippen LogP contribution in [0.1, 0.15) is 47.8 Å². The highest BCUT2D eigenvalue weighted by atomic mass is 19.1. The van der Waals surface area contributed by atoms with Crippen LogP contribution in [0.5, 0.6) is 11.5 Å². The molecule has 0 aromatic heterocycles. The molecule has 0 spiro atoms. The summed E-state index contributed by atoms with van der Waals surface area (Å²) in [5.74, 6) is -0.622. The van der Waals surface area contributed by atoms with Gasteiger partial charge in [-0.1, -0.05) is 35.9 Å². The molecule has 0 saturated carbocycles. The van der Waals surface area contributed by atoms with E-state index in [0.29, 0.717) is 29.9 Å². The van der Waals surface area contributed by atoms with Gasteiger partial charge in [0.15, 0.2) is 0 Å². The van der Waals surface area contributed by atoms with Gasteiger partial charge in [-0.2, -0.15) is 0 Å². The average molecular weight is 384 g/mol. The molecule has 4 nitrogen and oxygen atoms in total. The lowest BCUT2D eigenvalue weighted by atomic mass is 9.97. The molecule has 5 heteroatoms. The van der Waals surface area contributed by atoms with Gasteiger partial charge >= 0.3 is 5.97 Å². The van der Waals surface area contributed by atoms with Crippen LogP contribution in [0.3, 0.4) is 0 Å². The Morgan fingerprint density at radius 2 is 1.86 bits per heavy atom. The number of phenolic OH excluding ortho intramolecular Hbond substituents is 1. The number of ether oxygens (including phenoxy) is 2. The summed E-state index contributed by atoms with van der Waals surface area (Å²) in [6, 6.07) is 7.66. The van der Waals surface area contributed by atoms with Gasteiger partial charge < -0.3 is 14.6 Å². The van der Waals surface area contributed by atoms with Crippen LogP contribution in [0.15, 0.2) is 42.0 Å². The van der Waals surface area contributed by atoms with E-state index in [4.69, 9.17) is 9.47 Å². The van der Waals surface area contributed by atoms with Crippen LogP contribution in [0, 0.1) is 5.82 Å². The van der Waals surface area contributed by atoms with Crippen molar-refractivity contribution in [2.75, 3.05) is 13.7 Å². The van der Waals surface area contributed by atoms with Crippen molar-refractivity contribution in [1.29, 1.82) is 0 Å². The Hall–Kier alpha value is -3.08. The van der Waals surface area contributed by atoms with E-state index < -0.39 is 5.97 Å². The van der Waals surface area contributed by atoms with Crippen LogP contribution in [0.2, 0.25) is 0 Å². The maximum Gasteiger partial charge on any atom is 0.342 e. The molecule has 0 radical (unpaired) electrons. The first-order valence-corrected chi connectivity index (χ1v) is 9.04. The van der Waals surface area contributed by atoms with Crippen LogP contribution in [-0.4, -0.2) is 24.8 Å². The van der Waals surface area contributed by atoms with Gasteiger partial charge in [0.1, 0.15) is 22.9 Å². The number of rotatable bonds is 7. The summed E-state index contributed by atoms with van der Waals surface area (Å²) in [7, 11) is 1.27. The van der Waals surface area contributed by atoms with Gasteiger partial charge in [-0.25, -0.2) is 9.18 Å². The number of phenols is 1. The molecule has 2 aromatic carbocycles. The molecule has 0 bridgehead atoms. The van der Waals surface area contributed by atoms with Gasteiger partial charge in [0.25, 0.3) is 0 Å². The Labute approximate surface area is 164 Å². The van der Waals surface area contributed by atoms with Gasteiger partial charge in [0, 0.05) is 5.56 Å². The number of benzene rings is 2. The van der Waals surface area contributed by atoms with Crippen LogP contribution in [0.25, 0.3) is 12.2 Å². The fourth-order valence-electron chi connectivity index (χ4n) is 2.70. The first kappa shape index (κ1) is 21.2. The maximum atomic E-state index is 13.1. The van der Waals surface area contributed by atoms with E-state index in [-0.39, 0.29) is 17.1 Å².